The molecule has 2 N–H and O–H groups in total. The summed E-state index contributed by atoms with van der Waals surface area (Å²) in [4.78, 5) is 12.2. The number of halogens is 2. The van der Waals surface area contributed by atoms with E-state index in [0.717, 1.165) is 28.7 Å². The Morgan fingerprint density at radius 3 is 2.28 bits per heavy atom. The van der Waals surface area contributed by atoms with Crippen molar-refractivity contribution in [2.45, 2.75) is 19.9 Å². The number of rotatable bonds is 11. The molecule has 0 saturated heterocycles. The largest absolute Gasteiger partial charge is 0.490 e. The summed E-state index contributed by atoms with van der Waals surface area (Å²) < 4.78 is 12.4. The van der Waals surface area contributed by atoms with Crippen LogP contribution in [0.15, 0.2) is 77.3 Å². The molecule has 3 aromatic carbocycles. The molecule has 0 atom stereocenters. The Kier molecular flexibility index (Phi) is 11.1. The zero-order valence-electron chi connectivity index (χ0n) is 18.0. The summed E-state index contributed by atoms with van der Waals surface area (Å²) in [6.07, 6.45) is 0.967. The number of carbonyl (C=O) groups is 1. The third-order valence-electron chi connectivity index (χ3n) is 4.58. The van der Waals surface area contributed by atoms with Crippen molar-refractivity contribution in [1.82, 2.24) is 5.32 Å². The molecule has 0 fully saturated rings. The molecule has 0 spiro atoms. The summed E-state index contributed by atoms with van der Waals surface area (Å²) in [5.74, 6) is 0.930. The van der Waals surface area contributed by atoms with Crippen molar-refractivity contribution in [3.63, 3.8) is 0 Å². The highest BCUT2D eigenvalue weighted by Gasteiger charge is 2.13. The van der Waals surface area contributed by atoms with Gasteiger partial charge in [-0.15, -0.1) is 12.4 Å². The van der Waals surface area contributed by atoms with Crippen LogP contribution >= 0.6 is 28.3 Å². The van der Waals surface area contributed by atoms with Crippen molar-refractivity contribution in [2.24, 2.45) is 0 Å². The van der Waals surface area contributed by atoms with Crippen LogP contribution in [0.25, 0.3) is 0 Å². The molecule has 0 saturated carbocycles. The highest BCUT2D eigenvalue weighted by molar-refractivity contribution is 9.10. The number of benzene rings is 3. The van der Waals surface area contributed by atoms with Crippen molar-refractivity contribution in [3.8, 4) is 11.5 Å². The lowest BCUT2D eigenvalue weighted by Crippen LogP contribution is -2.20. The molecular formula is C25H28BrClN2O3. The Labute approximate surface area is 204 Å². The fourth-order valence-electron chi connectivity index (χ4n) is 3.06. The van der Waals surface area contributed by atoms with Crippen LogP contribution < -0.4 is 20.1 Å². The molecule has 0 radical (unpaired) electrons. The molecule has 5 nitrogen and oxygen atoms in total. The van der Waals surface area contributed by atoms with Gasteiger partial charge >= 0.3 is 0 Å². The van der Waals surface area contributed by atoms with Crippen LogP contribution in [0, 0.1) is 0 Å². The molecule has 0 unspecified atom stereocenters. The number of nitrogens with one attached hydrogen (secondary N) is 2. The normalized spacial score (nSPS) is 10.2. The number of para-hydroxylation sites is 1. The Morgan fingerprint density at radius 1 is 0.938 bits per heavy atom. The summed E-state index contributed by atoms with van der Waals surface area (Å²) in [6, 6.07) is 23.5. The summed E-state index contributed by atoms with van der Waals surface area (Å²) in [5, 5.41) is 6.28. The average molecular weight is 520 g/mol. The summed E-state index contributed by atoms with van der Waals surface area (Å²) in [5.41, 5.74) is 3.11. The van der Waals surface area contributed by atoms with E-state index in [1.54, 1.807) is 0 Å². The van der Waals surface area contributed by atoms with Gasteiger partial charge in [0, 0.05) is 16.7 Å². The zero-order chi connectivity index (χ0) is 21.9. The van der Waals surface area contributed by atoms with E-state index in [1.807, 2.05) is 55.5 Å². The van der Waals surface area contributed by atoms with E-state index in [1.165, 1.54) is 5.56 Å². The average Bonchev–Trinajstić information content (AvgIpc) is 2.79. The maximum absolute atomic E-state index is 12.2. The quantitative estimate of drug-likeness (QED) is 0.323. The van der Waals surface area contributed by atoms with E-state index >= 15 is 0 Å². The standard InChI is InChI=1S/C25H27BrN2O3.ClH/c1-2-30-23-15-20(17-27-14-13-19-9-5-3-6-10-19)22(26)16-24(23)31-18-25(29)28-21-11-7-4-8-12-21;/h3-12,15-16,27H,2,13-14,17-18H2,1H3,(H,28,29);1H. The van der Waals surface area contributed by atoms with E-state index in [4.69, 9.17) is 9.47 Å². The van der Waals surface area contributed by atoms with Gasteiger partial charge in [0.15, 0.2) is 18.1 Å². The molecule has 7 heteroatoms. The maximum Gasteiger partial charge on any atom is 0.262 e. The van der Waals surface area contributed by atoms with Gasteiger partial charge in [-0.1, -0.05) is 64.5 Å². The molecule has 0 aromatic heterocycles. The number of anilines is 1. The highest BCUT2D eigenvalue weighted by Crippen LogP contribution is 2.34. The van der Waals surface area contributed by atoms with Gasteiger partial charge < -0.3 is 20.1 Å². The Bertz CT molecular complexity index is 972. The van der Waals surface area contributed by atoms with Crippen LogP contribution in [-0.4, -0.2) is 25.7 Å². The molecule has 3 aromatic rings. The number of hydrogen-bond donors (Lipinski definition) is 2. The van der Waals surface area contributed by atoms with Gasteiger partial charge in [0.1, 0.15) is 0 Å². The molecule has 0 aliphatic rings. The van der Waals surface area contributed by atoms with Gasteiger partial charge in [-0.25, -0.2) is 0 Å². The number of hydrogen-bond acceptors (Lipinski definition) is 4. The minimum Gasteiger partial charge on any atom is -0.490 e. The smallest absolute Gasteiger partial charge is 0.262 e. The molecule has 3 rings (SSSR count). The van der Waals surface area contributed by atoms with Gasteiger partial charge in [0.25, 0.3) is 5.91 Å². The minimum atomic E-state index is -0.226. The van der Waals surface area contributed by atoms with Crippen molar-refractivity contribution < 1.29 is 14.3 Å². The SMILES string of the molecule is CCOc1cc(CNCCc2ccccc2)c(Br)cc1OCC(=O)Nc1ccccc1.Cl. The van der Waals surface area contributed by atoms with Gasteiger partial charge in [0.2, 0.25) is 0 Å². The lowest BCUT2D eigenvalue weighted by atomic mass is 10.1. The molecule has 0 aliphatic heterocycles. The lowest BCUT2D eigenvalue weighted by molar-refractivity contribution is -0.118. The van der Waals surface area contributed by atoms with Crippen LogP contribution in [0.2, 0.25) is 0 Å². The third-order valence-corrected chi connectivity index (χ3v) is 5.32. The second-order valence-corrected chi connectivity index (χ2v) is 7.79. The second kappa shape index (κ2) is 13.8. The maximum atomic E-state index is 12.2. The Balaban J connectivity index is 0.00000363. The minimum absolute atomic E-state index is 0. The topological polar surface area (TPSA) is 59.6 Å². The van der Waals surface area contributed by atoms with Gasteiger partial charge in [-0.3, -0.25) is 4.79 Å². The first kappa shape index (κ1) is 25.7. The van der Waals surface area contributed by atoms with Crippen LogP contribution in [0.5, 0.6) is 11.5 Å². The van der Waals surface area contributed by atoms with E-state index in [2.05, 4.69) is 50.8 Å². The molecule has 0 bridgehead atoms. The van der Waals surface area contributed by atoms with E-state index in [-0.39, 0.29) is 24.9 Å². The fourth-order valence-corrected chi connectivity index (χ4v) is 3.52. The molecular weight excluding hydrogens is 492 g/mol. The highest BCUT2D eigenvalue weighted by atomic mass is 79.9. The van der Waals surface area contributed by atoms with Crippen molar-refractivity contribution in [2.75, 3.05) is 25.1 Å². The van der Waals surface area contributed by atoms with Gasteiger partial charge in [-0.2, -0.15) is 0 Å². The molecule has 1 amide bonds. The van der Waals surface area contributed by atoms with Crippen molar-refractivity contribution in [1.29, 1.82) is 0 Å². The predicted molar refractivity (Wildman–Crippen MR) is 135 cm³/mol. The molecule has 170 valence electrons. The molecule has 32 heavy (non-hydrogen) atoms. The molecule has 0 aliphatic carbocycles. The van der Waals surface area contributed by atoms with Gasteiger partial charge in [-0.05, 0) is 55.3 Å². The number of carbonyl (C=O) groups excluding carboxylic acids is 1. The Morgan fingerprint density at radius 2 is 1.59 bits per heavy atom. The van der Waals surface area contributed by atoms with Crippen LogP contribution in [0.4, 0.5) is 5.69 Å². The van der Waals surface area contributed by atoms with Crippen LogP contribution in [-0.2, 0) is 17.8 Å². The molecule has 0 heterocycles. The van der Waals surface area contributed by atoms with Crippen LogP contribution in [0.3, 0.4) is 0 Å². The van der Waals surface area contributed by atoms with Crippen molar-refractivity contribution in [3.05, 3.63) is 88.4 Å². The lowest BCUT2D eigenvalue weighted by Gasteiger charge is -2.15. The van der Waals surface area contributed by atoms with E-state index in [9.17, 15) is 4.79 Å². The van der Waals surface area contributed by atoms with Crippen molar-refractivity contribution >= 4 is 39.9 Å². The second-order valence-electron chi connectivity index (χ2n) is 6.94. The van der Waals surface area contributed by atoms with Gasteiger partial charge in [0.05, 0.1) is 6.61 Å². The third kappa shape index (κ3) is 8.19. The van der Waals surface area contributed by atoms with E-state index in [0.29, 0.717) is 24.7 Å². The fraction of sp³-hybridized carbons (Fsp3) is 0.240. The Hall–Kier alpha value is -2.54. The zero-order valence-corrected chi connectivity index (χ0v) is 20.4. The first-order chi connectivity index (χ1) is 15.2. The van der Waals surface area contributed by atoms with Crippen LogP contribution in [0.1, 0.15) is 18.1 Å². The summed E-state index contributed by atoms with van der Waals surface area (Å²) in [6.45, 7) is 3.90. The first-order valence-electron chi connectivity index (χ1n) is 10.3. The summed E-state index contributed by atoms with van der Waals surface area (Å²) >= 11 is 3.61. The van der Waals surface area contributed by atoms with E-state index < -0.39 is 0 Å². The predicted octanol–water partition coefficient (Wildman–Crippen LogP) is 5.62. The number of ether oxygens (including phenoxy) is 2. The summed E-state index contributed by atoms with van der Waals surface area (Å²) in [7, 11) is 0. The monoisotopic (exact) mass is 518 g/mol. The first-order valence-corrected chi connectivity index (χ1v) is 11.1. The number of amides is 1.